The summed E-state index contributed by atoms with van der Waals surface area (Å²) in [6.07, 6.45) is 2.67. The number of hydrogen-bond acceptors (Lipinski definition) is 3. The molecule has 0 aliphatic carbocycles. The zero-order valence-electron chi connectivity index (χ0n) is 8.92. The van der Waals surface area contributed by atoms with E-state index in [-0.39, 0.29) is 0 Å². The minimum Gasteiger partial charge on any atom is -0.370 e. The first-order valence-electron chi connectivity index (χ1n) is 5.25. The lowest BCUT2D eigenvalue weighted by Crippen LogP contribution is -2.27. The van der Waals surface area contributed by atoms with Crippen molar-refractivity contribution in [3.05, 3.63) is 17.0 Å². The fraction of sp³-hybridized carbons (Fsp3) is 0.636. The van der Waals surface area contributed by atoms with Crippen LogP contribution in [0.4, 0.5) is 5.00 Å². The maximum Gasteiger partial charge on any atom is 0.0906 e. The Balaban J connectivity index is 2.07. The molecule has 3 heteroatoms. The van der Waals surface area contributed by atoms with Gasteiger partial charge in [0.25, 0.3) is 0 Å². The van der Waals surface area contributed by atoms with E-state index < -0.39 is 0 Å². The van der Waals surface area contributed by atoms with Gasteiger partial charge in [-0.05, 0) is 31.5 Å². The summed E-state index contributed by atoms with van der Waals surface area (Å²) in [4.78, 5) is 3.73. The van der Waals surface area contributed by atoms with E-state index >= 15 is 0 Å². The second-order valence-electron chi connectivity index (χ2n) is 4.11. The smallest absolute Gasteiger partial charge is 0.0906 e. The van der Waals surface area contributed by atoms with Crippen LogP contribution in [0.25, 0.3) is 0 Å². The van der Waals surface area contributed by atoms with Gasteiger partial charge >= 0.3 is 0 Å². The zero-order chi connectivity index (χ0) is 9.97. The molecule has 1 aromatic rings. The van der Waals surface area contributed by atoms with Gasteiger partial charge in [0.15, 0.2) is 0 Å². The normalized spacial score (nSPS) is 22.3. The monoisotopic (exact) mass is 210 g/mol. The molecule has 0 amide bonds. The molecule has 1 aliphatic rings. The lowest BCUT2D eigenvalue weighted by Gasteiger charge is -2.21. The van der Waals surface area contributed by atoms with Crippen molar-refractivity contribution in [2.24, 2.45) is 0 Å². The molecule has 2 heterocycles. The highest BCUT2D eigenvalue weighted by Crippen LogP contribution is 2.33. The number of rotatable bonds is 2. The molecule has 0 spiro atoms. The van der Waals surface area contributed by atoms with Crippen molar-refractivity contribution in [3.63, 3.8) is 0 Å². The number of thiophene rings is 1. The quantitative estimate of drug-likeness (QED) is 0.805. The average Bonchev–Trinajstić information content (AvgIpc) is 2.68. The van der Waals surface area contributed by atoms with Crippen LogP contribution < -0.4 is 10.2 Å². The molecule has 1 fully saturated rings. The van der Waals surface area contributed by atoms with Crippen LogP contribution in [0.15, 0.2) is 12.1 Å². The lowest BCUT2D eigenvalue weighted by atomic mass is 9.98. The Morgan fingerprint density at radius 1 is 1.43 bits per heavy atom. The molecule has 0 bridgehead atoms. The fourth-order valence-electron chi connectivity index (χ4n) is 1.90. The van der Waals surface area contributed by atoms with E-state index in [4.69, 9.17) is 0 Å². The predicted octanol–water partition coefficient (Wildman–Crippen LogP) is 2.28. The van der Waals surface area contributed by atoms with Crippen molar-refractivity contribution >= 4 is 16.3 Å². The van der Waals surface area contributed by atoms with Crippen LogP contribution in [-0.2, 0) is 0 Å². The van der Waals surface area contributed by atoms with E-state index in [9.17, 15) is 0 Å². The number of piperidine rings is 1. The molecule has 1 unspecified atom stereocenters. The van der Waals surface area contributed by atoms with Crippen molar-refractivity contribution < 1.29 is 0 Å². The van der Waals surface area contributed by atoms with Gasteiger partial charge in [0.05, 0.1) is 5.00 Å². The molecule has 1 aliphatic heterocycles. The maximum absolute atomic E-state index is 3.46. The molecule has 2 rings (SSSR count). The highest BCUT2D eigenvalue weighted by Gasteiger charge is 2.16. The Morgan fingerprint density at radius 2 is 2.29 bits per heavy atom. The first kappa shape index (κ1) is 9.99. The average molecular weight is 210 g/mol. The summed E-state index contributed by atoms with van der Waals surface area (Å²) in [7, 11) is 4.21. The molecular formula is C11H18N2S. The molecule has 14 heavy (non-hydrogen) atoms. The van der Waals surface area contributed by atoms with Gasteiger partial charge in [-0.3, -0.25) is 0 Å². The molecular weight excluding hydrogens is 192 g/mol. The van der Waals surface area contributed by atoms with Crippen molar-refractivity contribution in [3.8, 4) is 0 Å². The van der Waals surface area contributed by atoms with Gasteiger partial charge < -0.3 is 10.2 Å². The Kier molecular flexibility index (Phi) is 3.08. The molecule has 0 saturated carbocycles. The molecule has 1 aromatic heterocycles. The molecule has 1 N–H and O–H groups in total. The van der Waals surface area contributed by atoms with Crippen LogP contribution in [0.5, 0.6) is 0 Å². The highest BCUT2D eigenvalue weighted by atomic mass is 32.1. The molecule has 78 valence electrons. The summed E-state index contributed by atoms with van der Waals surface area (Å²) in [5, 5.41) is 4.83. The summed E-state index contributed by atoms with van der Waals surface area (Å²) >= 11 is 1.93. The second-order valence-corrected chi connectivity index (χ2v) is 5.21. The first-order valence-corrected chi connectivity index (χ1v) is 6.07. The third-order valence-corrected chi connectivity index (χ3v) is 4.17. The molecule has 1 atom stereocenters. The third-order valence-electron chi connectivity index (χ3n) is 2.75. The van der Waals surface area contributed by atoms with Gasteiger partial charge in [0, 0.05) is 31.4 Å². The number of nitrogens with zero attached hydrogens (tertiary/aromatic N) is 1. The first-order chi connectivity index (χ1) is 6.77. The molecule has 0 aromatic carbocycles. The van der Waals surface area contributed by atoms with Crippen LogP contribution in [0.2, 0.25) is 0 Å². The van der Waals surface area contributed by atoms with Gasteiger partial charge in [-0.25, -0.2) is 0 Å². The van der Waals surface area contributed by atoms with Crippen LogP contribution in [0.3, 0.4) is 0 Å². The van der Waals surface area contributed by atoms with E-state index in [2.05, 4.69) is 36.4 Å². The van der Waals surface area contributed by atoms with Crippen molar-refractivity contribution in [1.29, 1.82) is 0 Å². The Labute approximate surface area is 89.9 Å². The maximum atomic E-state index is 3.46. The number of nitrogens with one attached hydrogen (secondary N) is 1. The van der Waals surface area contributed by atoms with Crippen molar-refractivity contribution in [2.75, 3.05) is 32.1 Å². The standard InChI is InChI=1S/C11H18N2S/c1-13(2)11-6-5-10(14-11)9-4-3-7-12-8-9/h5-6,9,12H,3-4,7-8H2,1-2H3. The van der Waals surface area contributed by atoms with E-state index in [1.54, 1.807) is 4.88 Å². The molecule has 2 nitrogen and oxygen atoms in total. The zero-order valence-corrected chi connectivity index (χ0v) is 9.73. The Hall–Kier alpha value is -0.540. The van der Waals surface area contributed by atoms with Gasteiger partial charge in [-0.2, -0.15) is 0 Å². The van der Waals surface area contributed by atoms with Gasteiger partial charge in [0.2, 0.25) is 0 Å². The Bertz CT molecular complexity index is 287. The number of anilines is 1. The van der Waals surface area contributed by atoms with Gasteiger partial charge in [-0.1, -0.05) is 0 Å². The van der Waals surface area contributed by atoms with Crippen molar-refractivity contribution in [2.45, 2.75) is 18.8 Å². The van der Waals surface area contributed by atoms with Gasteiger partial charge in [0.1, 0.15) is 0 Å². The van der Waals surface area contributed by atoms with E-state index in [0.717, 1.165) is 12.5 Å². The van der Waals surface area contributed by atoms with Crippen LogP contribution in [-0.4, -0.2) is 27.2 Å². The molecule has 1 saturated heterocycles. The second kappa shape index (κ2) is 4.32. The minimum atomic E-state index is 0.752. The minimum absolute atomic E-state index is 0.752. The van der Waals surface area contributed by atoms with E-state index in [1.807, 2.05) is 11.3 Å². The summed E-state index contributed by atoms with van der Waals surface area (Å²) in [5.41, 5.74) is 0. The highest BCUT2D eigenvalue weighted by molar-refractivity contribution is 7.16. The summed E-state index contributed by atoms with van der Waals surface area (Å²) in [6, 6.07) is 4.52. The largest absolute Gasteiger partial charge is 0.370 e. The van der Waals surface area contributed by atoms with E-state index in [0.29, 0.717) is 0 Å². The van der Waals surface area contributed by atoms with Crippen LogP contribution in [0.1, 0.15) is 23.6 Å². The van der Waals surface area contributed by atoms with Crippen LogP contribution >= 0.6 is 11.3 Å². The van der Waals surface area contributed by atoms with Crippen molar-refractivity contribution in [1.82, 2.24) is 5.32 Å². The molecule has 0 radical (unpaired) electrons. The van der Waals surface area contributed by atoms with E-state index in [1.165, 1.54) is 24.4 Å². The summed E-state index contributed by atoms with van der Waals surface area (Å²) in [5.74, 6) is 0.752. The Morgan fingerprint density at radius 3 is 2.86 bits per heavy atom. The SMILES string of the molecule is CN(C)c1ccc(C2CCCNC2)s1. The van der Waals surface area contributed by atoms with Gasteiger partial charge in [-0.15, -0.1) is 11.3 Å². The third kappa shape index (κ3) is 2.10. The van der Waals surface area contributed by atoms with Crippen LogP contribution in [0, 0.1) is 0 Å². The summed E-state index contributed by atoms with van der Waals surface area (Å²) in [6.45, 7) is 2.36. The fourth-order valence-corrected chi connectivity index (χ4v) is 2.96. The predicted molar refractivity (Wildman–Crippen MR) is 63.5 cm³/mol. The topological polar surface area (TPSA) is 15.3 Å². The lowest BCUT2D eigenvalue weighted by molar-refractivity contribution is 0.466. The number of hydrogen-bond donors (Lipinski definition) is 1. The summed E-state index contributed by atoms with van der Waals surface area (Å²) < 4.78 is 0.